The van der Waals surface area contributed by atoms with Crippen molar-refractivity contribution in [3.63, 3.8) is 0 Å². The van der Waals surface area contributed by atoms with E-state index in [1.54, 1.807) is 6.20 Å². The van der Waals surface area contributed by atoms with Crippen molar-refractivity contribution in [2.45, 2.75) is 51.2 Å². The van der Waals surface area contributed by atoms with E-state index in [0.717, 1.165) is 24.9 Å². The maximum Gasteiger partial charge on any atom is 0.240 e. The highest BCUT2D eigenvalue weighted by molar-refractivity contribution is 5.82. The van der Waals surface area contributed by atoms with E-state index < -0.39 is 0 Å². The highest BCUT2D eigenvalue weighted by atomic mass is 16.2. The molecule has 3 rings (SSSR count). The van der Waals surface area contributed by atoms with Gasteiger partial charge in [0.2, 0.25) is 5.91 Å². The summed E-state index contributed by atoms with van der Waals surface area (Å²) in [7, 11) is 0. The zero-order chi connectivity index (χ0) is 13.2. The van der Waals surface area contributed by atoms with Crippen LogP contribution in [0.15, 0.2) is 18.5 Å². The van der Waals surface area contributed by atoms with E-state index in [9.17, 15) is 4.79 Å². The number of piperidine rings is 1. The predicted octanol–water partition coefficient (Wildman–Crippen LogP) is 1.63. The number of hydrogen-bond acceptors (Lipinski definition) is 3. The summed E-state index contributed by atoms with van der Waals surface area (Å²) < 4.78 is 0. The van der Waals surface area contributed by atoms with Crippen LogP contribution in [0.2, 0.25) is 0 Å². The van der Waals surface area contributed by atoms with Gasteiger partial charge in [-0.2, -0.15) is 0 Å². The molecule has 1 aromatic rings. The van der Waals surface area contributed by atoms with E-state index >= 15 is 0 Å². The second-order valence-electron chi connectivity index (χ2n) is 5.70. The van der Waals surface area contributed by atoms with Gasteiger partial charge in [-0.25, -0.2) is 0 Å². The van der Waals surface area contributed by atoms with Crippen molar-refractivity contribution in [1.29, 1.82) is 0 Å². The van der Waals surface area contributed by atoms with Crippen molar-refractivity contribution in [1.82, 2.24) is 15.2 Å². The Morgan fingerprint density at radius 1 is 1.42 bits per heavy atom. The molecule has 1 amide bonds. The molecule has 2 aliphatic rings. The number of rotatable bonds is 4. The zero-order valence-corrected chi connectivity index (χ0v) is 11.4. The molecule has 1 aliphatic heterocycles. The Labute approximate surface area is 114 Å². The quantitative estimate of drug-likeness (QED) is 0.894. The molecule has 1 aliphatic carbocycles. The third-order valence-corrected chi connectivity index (χ3v) is 4.05. The normalized spacial score (nSPS) is 23.7. The Bertz CT molecular complexity index is 470. The van der Waals surface area contributed by atoms with E-state index in [4.69, 9.17) is 0 Å². The molecule has 2 heterocycles. The molecule has 1 N–H and O–H groups in total. The summed E-state index contributed by atoms with van der Waals surface area (Å²) >= 11 is 0. The van der Waals surface area contributed by atoms with Crippen LogP contribution in [0.5, 0.6) is 0 Å². The molecule has 4 heteroatoms. The fourth-order valence-corrected chi connectivity index (χ4v) is 2.65. The van der Waals surface area contributed by atoms with Gasteiger partial charge < -0.3 is 10.2 Å². The van der Waals surface area contributed by atoms with Crippen LogP contribution in [0.4, 0.5) is 0 Å². The van der Waals surface area contributed by atoms with Crippen LogP contribution in [0, 0.1) is 6.92 Å². The average molecular weight is 259 g/mol. The van der Waals surface area contributed by atoms with Gasteiger partial charge >= 0.3 is 0 Å². The molecule has 1 atom stereocenters. The van der Waals surface area contributed by atoms with E-state index in [2.05, 4.69) is 17.2 Å². The lowest BCUT2D eigenvalue weighted by Gasteiger charge is -2.33. The lowest BCUT2D eigenvalue weighted by Crippen LogP contribution is -2.50. The van der Waals surface area contributed by atoms with Gasteiger partial charge in [0.25, 0.3) is 0 Å². The maximum atomic E-state index is 12.4. The predicted molar refractivity (Wildman–Crippen MR) is 73.6 cm³/mol. The molecule has 19 heavy (non-hydrogen) atoms. The minimum absolute atomic E-state index is 0.0400. The van der Waals surface area contributed by atoms with Crippen molar-refractivity contribution in [2.75, 3.05) is 6.54 Å². The summed E-state index contributed by atoms with van der Waals surface area (Å²) in [5.41, 5.74) is 2.36. The number of carbonyl (C=O) groups excluding carboxylic acids is 1. The molecule has 1 aromatic heterocycles. The molecule has 102 valence electrons. The highest BCUT2D eigenvalue weighted by Gasteiger charge is 2.33. The Kier molecular flexibility index (Phi) is 3.51. The fourth-order valence-electron chi connectivity index (χ4n) is 2.65. The van der Waals surface area contributed by atoms with Crippen molar-refractivity contribution in [3.05, 3.63) is 29.6 Å². The summed E-state index contributed by atoms with van der Waals surface area (Å²) in [6.07, 6.45) is 8.21. The fraction of sp³-hybridized carbons (Fsp3) is 0.600. The van der Waals surface area contributed by atoms with Gasteiger partial charge in [0.05, 0.1) is 6.04 Å². The number of hydrogen-bond donors (Lipinski definition) is 1. The molecule has 4 nitrogen and oxygen atoms in total. The number of amides is 1. The zero-order valence-electron chi connectivity index (χ0n) is 11.4. The molecule has 0 aromatic carbocycles. The second kappa shape index (κ2) is 5.29. The molecule has 1 saturated heterocycles. The molecule has 0 spiro atoms. The van der Waals surface area contributed by atoms with E-state index in [-0.39, 0.29) is 11.9 Å². The van der Waals surface area contributed by atoms with Gasteiger partial charge in [-0.3, -0.25) is 9.78 Å². The van der Waals surface area contributed by atoms with Crippen LogP contribution in [0.25, 0.3) is 0 Å². The van der Waals surface area contributed by atoms with Crippen molar-refractivity contribution in [3.8, 4) is 0 Å². The Morgan fingerprint density at radius 2 is 2.26 bits per heavy atom. The molecule has 1 saturated carbocycles. The van der Waals surface area contributed by atoms with E-state index in [1.807, 2.05) is 17.2 Å². The summed E-state index contributed by atoms with van der Waals surface area (Å²) in [6.45, 7) is 3.64. The molecule has 2 fully saturated rings. The number of nitrogens with one attached hydrogen (secondary N) is 1. The van der Waals surface area contributed by atoms with Crippen LogP contribution in [-0.4, -0.2) is 34.4 Å². The van der Waals surface area contributed by atoms with Gasteiger partial charge in [0.15, 0.2) is 0 Å². The number of likely N-dealkylation sites (tertiary alicyclic amines) is 1. The second-order valence-corrected chi connectivity index (χ2v) is 5.70. The third kappa shape index (κ3) is 2.95. The van der Waals surface area contributed by atoms with Gasteiger partial charge in [0, 0.05) is 31.5 Å². The number of pyridine rings is 1. The Balaban J connectivity index is 1.66. The molecular weight excluding hydrogens is 238 g/mol. The molecule has 0 radical (unpaired) electrons. The third-order valence-electron chi connectivity index (χ3n) is 4.05. The van der Waals surface area contributed by atoms with E-state index in [0.29, 0.717) is 12.6 Å². The van der Waals surface area contributed by atoms with Gasteiger partial charge in [0.1, 0.15) is 0 Å². The van der Waals surface area contributed by atoms with Crippen LogP contribution in [-0.2, 0) is 11.3 Å². The summed E-state index contributed by atoms with van der Waals surface area (Å²) in [4.78, 5) is 18.6. The highest BCUT2D eigenvalue weighted by Crippen LogP contribution is 2.23. The van der Waals surface area contributed by atoms with Crippen LogP contribution >= 0.6 is 0 Å². The number of aryl methyl sites for hydroxylation is 1. The minimum atomic E-state index is 0.0400. The standard InChI is InChI=1S/C15H21N3O/c1-11-6-7-16-9-12(11)10-18-8-2-3-14(15(18)19)17-13-4-5-13/h6-7,9,13-14,17H,2-5,8,10H2,1H3. The smallest absolute Gasteiger partial charge is 0.240 e. The Morgan fingerprint density at radius 3 is 3.00 bits per heavy atom. The maximum absolute atomic E-state index is 12.4. The summed E-state index contributed by atoms with van der Waals surface area (Å²) in [6, 6.07) is 2.64. The SMILES string of the molecule is Cc1ccncc1CN1CCCC(NC2CC2)C1=O. The van der Waals surface area contributed by atoms with Crippen LogP contribution in [0.3, 0.4) is 0 Å². The van der Waals surface area contributed by atoms with Gasteiger partial charge in [-0.05, 0) is 49.8 Å². The summed E-state index contributed by atoms with van der Waals surface area (Å²) in [5.74, 6) is 0.265. The molecular formula is C15H21N3O. The number of nitrogens with zero attached hydrogens (tertiary/aromatic N) is 2. The Hall–Kier alpha value is -1.42. The molecule has 0 bridgehead atoms. The first-order valence-electron chi connectivity index (χ1n) is 7.18. The minimum Gasteiger partial charge on any atom is -0.337 e. The van der Waals surface area contributed by atoms with Gasteiger partial charge in [-0.1, -0.05) is 0 Å². The topological polar surface area (TPSA) is 45.2 Å². The number of aromatic nitrogens is 1. The van der Waals surface area contributed by atoms with E-state index in [1.165, 1.54) is 18.4 Å². The first-order valence-corrected chi connectivity index (χ1v) is 7.18. The van der Waals surface area contributed by atoms with Crippen molar-refractivity contribution in [2.24, 2.45) is 0 Å². The van der Waals surface area contributed by atoms with Gasteiger partial charge in [-0.15, -0.1) is 0 Å². The average Bonchev–Trinajstić information content (AvgIpc) is 3.21. The lowest BCUT2D eigenvalue weighted by molar-refractivity contribution is -0.136. The number of carbonyl (C=O) groups is 1. The first-order chi connectivity index (χ1) is 9.24. The monoisotopic (exact) mass is 259 g/mol. The first kappa shape index (κ1) is 12.6. The van der Waals surface area contributed by atoms with Crippen LogP contribution in [0.1, 0.15) is 36.8 Å². The molecule has 1 unspecified atom stereocenters. The van der Waals surface area contributed by atoms with Crippen molar-refractivity contribution < 1.29 is 4.79 Å². The largest absolute Gasteiger partial charge is 0.337 e. The lowest BCUT2D eigenvalue weighted by atomic mass is 10.0. The summed E-state index contributed by atoms with van der Waals surface area (Å²) in [5, 5.41) is 3.47. The van der Waals surface area contributed by atoms with Crippen LogP contribution < -0.4 is 5.32 Å². The van der Waals surface area contributed by atoms with Crippen molar-refractivity contribution >= 4 is 5.91 Å².